The number of rotatable bonds is 6. The predicted octanol–water partition coefficient (Wildman–Crippen LogP) is 3.13. The summed E-state index contributed by atoms with van der Waals surface area (Å²) in [6, 6.07) is 12.8. The van der Waals surface area contributed by atoms with Crippen LogP contribution in [0.2, 0.25) is 0 Å². The molecule has 2 aromatic rings. The van der Waals surface area contributed by atoms with Crippen molar-refractivity contribution in [3.63, 3.8) is 0 Å². The van der Waals surface area contributed by atoms with Crippen LogP contribution < -0.4 is 4.74 Å². The van der Waals surface area contributed by atoms with Crippen LogP contribution in [0.4, 0.5) is 4.39 Å². The zero-order valence-electron chi connectivity index (χ0n) is 12.0. The number of methoxy groups -OCH3 is 1. The molecule has 114 valence electrons. The standard InChI is InChI=1S/C17H15FO4/c1-20-10-21-14-8-4-11(5-9-14)15(19)17-16(22-17)12-2-6-13(18)7-3-12/h2-9,16-17H,10H2,1H3. The summed E-state index contributed by atoms with van der Waals surface area (Å²) >= 11 is 0. The molecule has 4 nitrogen and oxygen atoms in total. The fourth-order valence-corrected chi connectivity index (χ4v) is 2.22. The highest BCUT2D eigenvalue weighted by atomic mass is 19.1. The highest BCUT2D eigenvalue weighted by Crippen LogP contribution is 2.40. The lowest BCUT2D eigenvalue weighted by Gasteiger charge is -2.04. The van der Waals surface area contributed by atoms with E-state index in [0.717, 1.165) is 5.56 Å². The first-order valence-corrected chi connectivity index (χ1v) is 6.86. The number of ether oxygens (including phenoxy) is 3. The van der Waals surface area contributed by atoms with Gasteiger partial charge in [0, 0.05) is 12.7 Å². The van der Waals surface area contributed by atoms with Gasteiger partial charge in [0.15, 0.2) is 18.7 Å². The molecule has 0 spiro atoms. The number of halogens is 1. The van der Waals surface area contributed by atoms with Crippen molar-refractivity contribution in [2.75, 3.05) is 13.9 Å². The minimum absolute atomic E-state index is 0.0902. The van der Waals surface area contributed by atoms with Gasteiger partial charge in [-0.2, -0.15) is 0 Å². The number of benzene rings is 2. The molecule has 0 N–H and O–H groups in total. The molecule has 1 heterocycles. The Labute approximate surface area is 127 Å². The maximum absolute atomic E-state index is 12.9. The van der Waals surface area contributed by atoms with E-state index in [9.17, 15) is 9.18 Å². The second kappa shape index (κ2) is 6.25. The number of epoxide rings is 1. The lowest BCUT2D eigenvalue weighted by Crippen LogP contribution is -2.08. The Bertz CT molecular complexity index is 651. The van der Waals surface area contributed by atoms with E-state index in [0.29, 0.717) is 11.3 Å². The zero-order chi connectivity index (χ0) is 15.5. The summed E-state index contributed by atoms with van der Waals surface area (Å²) in [5.74, 6) is 0.233. The highest BCUT2D eigenvalue weighted by Gasteiger charge is 2.46. The van der Waals surface area contributed by atoms with Crippen LogP contribution in [0.15, 0.2) is 48.5 Å². The van der Waals surface area contributed by atoms with Gasteiger partial charge in [-0.15, -0.1) is 0 Å². The van der Waals surface area contributed by atoms with E-state index in [1.54, 1.807) is 36.4 Å². The van der Waals surface area contributed by atoms with Crippen molar-refractivity contribution >= 4 is 5.78 Å². The molecule has 0 aliphatic carbocycles. The molecule has 0 bridgehead atoms. The first-order chi connectivity index (χ1) is 10.7. The molecule has 1 fully saturated rings. The van der Waals surface area contributed by atoms with Gasteiger partial charge in [-0.3, -0.25) is 4.79 Å². The van der Waals surface area contributed by atoms with E-state index < -0.39 is 6.10 Å². The van der Waals surface area contributed by atoms with E-state index in [2.05, 4.69) is 0 Å². The molecule has 0 radical (unpaired) electrons. The maximum atomic E-state index is 12.9. The van der Waals surface area contributed by atoms with Gasteiger partial charge in [0.2, 0.25) is 0 Å². The molecule has 1 aliphatic rings. The number of hydrogen-bond donors (Lipinski definition) is 0. The van der Waals surface area contributed by atoms with Crippen LogP contribution in [0.5, 0.6) is 5.75 Å². The summed E-state index contributed by atoms with van der Waals surface area (Å²) in [6.07, 6.45) is -0.797. The second-order valence-electron chi connectivity index (χ2n) is 4.97. The molecule has 22 heavy (non-hydrogen) atoms. The third-order valence-corrected chi connectivity index (χ3v) is 3.43. The van der Waals surface area contributed by atoms with Crippen LogP contribution in [0.3, 0.4) is 0 Å². The van der Waals surface area contributed by atoms with Crippen molar-refractivity contribution in [2.45, 2.75) is 12.2 Å². The number of Topliss-reactive ketones (excluding diaryl/α,β-unsaturated/α-hetero) is 1. The first-order valence-electron chi connectivity index (χ1n) is 6.86. The lowest BCUT2D eigenvalue weighted by molar-refractivity contribution is 0.0511. The Kier molecular flexibility index (Phi) is 4.18. The Morgan fingerprint density at radius 2 is 1.82 bits per heavy atom. The third kappa shape index (κ3) is 3.16. The molecule has 3 rings (SSSR count). The van der Waals surface area contributed by atoms with E-state index in [1.165, 1.54) is 19.2 Å². The number of carbonyl (C=O) groups excluding carboxylic acids is 1. The monoisotopic (exact) mass is 302 g/mol. The molecule has 5 heteroatoms. The largest absolute Gasteiger partial charge is 0.468 e. The number of carbonyl (C=O) groups is 1. The fourth-order valence-electron chi connectivity index (χ4n) is 2.22. The van der Waals surface area contributed by atoms with E-state index in [4.69, 9.17) is 14.2 Å². The van der Waals surface area contributed by atoms with Gasteiger partial charge in [-0.05, 0) is 42.0 Å². The minimum atomic E-state index is -0.504. The molecular weight excluding hydrogens is 287 g/mol. The van der Waals surface area contributed by atoms with Crippen LogP contribution in [-0.2, 0) is 9.47 Å². The average Bonchev–Trinajstić information content (AvgIpc) is 3.34. The first kappa shape index (κ1) is 14.7. The summed E-state index contributed by atoms with van der Waals surface area (Å²) in [7, 11) is 1.54. The van der Waals surface area contributed by atoms with E-state index in [1.807, 2.05) is 0 Å². The van der Waals surface area contributed by atoms with Gasteiger partial charge in [-0.1, -0.05) is 12.1 Å². The maximum Gasteiger partial charge on any atom is 0.194 e. The van der Waals surface area contributed by atoms with Crippen molar-refractivity contribution in [1.82, 2.24) is 0 Å². The molecule has 0 aromatic heterocycles. The molecule has 1 saturated heterocycles. The fraction of sp³-hybridized carbons (Fsp3) is 0.235. The van der Waals surface area contributed by atoms with Crippen LogP contribution in [0.1, 0.15) is 22.0 Å². The third-order valence-electron chi connectivity index (χ3n) is 3.43. The summed E-state index contributed by atoms with van der Waals surface area (Å²) in [5, 5.41) is 0. The molecule has 0 saturated carbocycles. The molecule has 2 aromatic carbocycles. The summed E-state index contributed by atoms with van der Waals surface area (Å²) < 4.78 is 28.4. The SMILES string of the molecule is COCOc1ccc(C(=O)C2OC2c2ccc(F)cc2)cc1. The van der Waals surface area contributed by atoms with Crippen LogP contribution in [-0.4, -0.2) is 25.8 Å². The topological polar surface area (TPSA) is 48.1 Å². The molecular formula is C17H15FO4. The quantitative estimate of drug-likeness (QED) is 0.467. The van der Waals surface area contributed by atoms with Crippen LogP contribution in [0.25, 0.3) is 0 Å². The number of ketones is 1. The molecule has 0 amide bonds. The van der Waals surface area contributed by atoms with Gasteiger partial charge >= 0.3 is 0 Å². The highest BCUT2D eigenvalue weighted by molar-refractivity contribution is 6.01. The van der Waals surface area contributed by atoms with Crippen molar-refractivity contribution < 1.29 is 23.4 Å². The Morgan fingerprint density at radius 1 is 1.14 bits per heavy atom. The van der Waals surface area contributed by atoms with Gasteiger partial charge in [-0.25, -0.2) is 4.39 Å². The van der Waals surface area contributed by atoms with Crippen molar-refractivity contribution in [3.05, 3.63) is 65.5 Å². The van der Waals surface area contributed by atoms with Crippen molar-refractivity contribution in [1.29, 1.82) is 0 Å². The Hall–Kier alpha value is -2.24. The summed E-state index contributed by atoms with van der Waals surface area (Å²) in [6.45, 7) is 0.158. The normalized spacial score (nSPS) is 19.7. The molecule has 2 atom stereocenters. The summed E-state index contributed by atoms with van der Waals surface area (Å²) in [4.78, 5) is 12.3. The van der Waals surface area contributed by atoms with Gasteiger partial charge in [0.05, 0.1) is 0 Å². The predicted molar refractivity (Wildman–Crippen MR) is 77.3 cm³/mol. The minimum Gasteiger partial charge on any atom is -0.468 e. The van der Waals surface area contributed by atoms with E-state index >= 15 is 0 Å². The van der Waals surface area contributed by atoms with Crippen LogP contribution in [0, 0.1) is 5.82 Å². The van der Waals surface area contributed by atoms with Gasteiger partial charge in [0.25, 0.3) is 0 Å². The Balaban J connectivity index is 1.64. The molecule has 1 aliphatic heterocycles. The average molecular weight is 302 g/mol. The van der Waals surface area contributed by atoms with Crippen molar-refractivity contribution in [3.8, 4) is 5.75 Å². The summed E-state index contributed by atoms with van der Waals surface area (Å²) in [5.41, 5.74) is 1.36. The van der Waals surface area contributed by atoms with Crippen molar-refractivity contribution in [2.24, 2.45) is 0 Å². The number of hydrogen-bond acceptors (Lipinski definition) is 4. The zero-order valence-corrected chi connectivity index (χ0v) is 12.0. The second-order valence-corrected chi connectivity index (χ2v) is 4.97. The van der Waals surface area contributed by atoms with Gasteiger partial charge in [0.1, 0.15) is 17.7 Å². The lowest BCUT2D eigenvalue weighted by atomic mass is 10.0. The van der Waals surface area contributed by atoms with Gasteiger partial charge < -0.3 is 14.2 Å². The smallest absolute Gasteiger partial charge is 0.194 e. The molecule has 2 unspecified atom stereocenters. The Morgan fingerprint density at radius 3 is 2.45 bits per heavy atom. The van der Waals surface area contributed by atoms with Crippen LogP contribution >= 0.6 is 0 Å². The van der Waals surface area contributed by atoms with E-state index in [-0.39, 0.29) is 24.5 Å².